The molecule has 27 heavy (non-hydrogen) atoms. The highest BCUT2D eigenvalue weighted by atomic mass is 16.1. The Kier molecular flexibility index (Phi) is 9.95. The molecule has 1 aromatic carbocycles. The SMILES string of the molecule is CC(C)=O.CCc1ccc(CCCc2ccc(/C=C(\C)C(C)=O)cc2)nc1. The summed E-state index contributed by atoms with van der Waals surface area (Å²) in [5.74, 6) is 0.288. The molecule has 0 bridgehead atoms. The monoisotopic (exact) mass is 365 g/mol. The lowest BCUT2D eigenvalue weighted by Gasteiger charge is -2.04. The standard InChI is InChI=1S/C21H25NO.C3H6O/c1-4-18-12-13-21(22-15-18)7-5-6-19-8-10-20(11-9-19)14-16(2)17(3)23;1-3(2)4/h8-15H,4-7H2,1-3H3;1-2H3/b16-14+;. The number of rotatable bonds is 7. The van der Waals surface area contributed by atoms with E-state index in [2.05, 4.69) is 48.3 Å². The summed E-state index contributed by atoms with van der Waals surface area (Å²) in [6, 6.07) is 12.8. The maximum atomic E-state index is 11.3. The van der Waals surface area contributed by atoms with E-state index in [1.54, 1.807) is 6.92 Å². The van der Waals surface area contributed by atoms with Gasteiger partial charge in [-0.15, -0.1) is 0 Å². The number of Topliss-reactive ketones (excluding diaryl/α,β-unsaturated/α-hetero) is 2. The molecule has 0 atom stereocenters. The quantitative estimate of drug-likeness (QED) is 0.617. The molecule has 0 amide bonds. The van der Waals surface area contributed by atoms with Crippen LogP contribution in [-0.4, -0.2) is 16.6 Å². The van der Waals surface area contributed by atoms with Gasteiger partial charge < -0.3 is 4.79 Å². The van der Waals surface area contributed by atoms with E-state index in [9.17, 15) is 9.59 Å². The Bertz CT molecular complexity index is 752. The summed E-state index contributed by atoms with van der Waals surface area (Å²) < 4.78 is 0. The van der Waals surface area contributed by atoms with Crippen molar-refractivity contribution in [2.75, 3.05) is 0 Å². The van der Waals surface area contributed by atoms with Gasteiger partial charge in [-0.2, -0.15) is 0 Å². The Morgan fingerprint density at radius 3 is 1.96 bits per heavy atom. The van der Waals surface area contributed by atoms with Crippen LogP contribution in [0.5, 0.6) is 0 Å². The number of pyridine rings is 1. The first-order chi connectivity index (χ1) is 12.8. The van der Waals surface area contributed by atoms with Gasteiger partial charge in [-0.3, -0.25) is 9.78 Å². The Morgan fingerprint density at radius 1 is 0.889 bits per heavy atom. The zero-order valence-corrected chi connectivity index (χ0v) is 17.2. The van der Waals surface area contributed by atoms with E-state index >= 15 is 0 Å². The maximum Gasteiger partial charge on any atom is 0.155 e. The fourth-order valence-corrected chi connectivity index (χ4v) is 2.42. The molecule has 2 rings (SSSR count). The van der Waals surface area contributed by atoms with Crippen LogP contribution < -0.4 is 0 Å². The van der Waals surface area contributed by atoms with Crippen LogP contribution in [0.15, 0.2) is 48.2 Å². The Labute approximate surface area is 163 Å². The number of carbonyl (C=O) groups excluding carboxylic acids is 2. The fourth-order valence-electron chi connectivity index (χ4n) is 2.42. The van der Waals surface area contributed by atoms with Gasteiger partial charge in [-0.1, -0.05) is 37.3 Å². The van der Waals surface area contributed by atoms with Crippen LogP contribution >= 0.6 is 0 Å². The lowest BCUT2D eigenvalue weighted by Crippen LogP contribution is -1.94. The summed E-state index contributed by atoms with van der Waals surface area (Å²) in [5.41, 5.74) is 5.66. The first-order valence-electron chi connectivity index (χ1n) is 9.51. The summed E-state index contributed by atoms with van der Waals surface area (Å²) in [4.78, 5) is 25.2. The first-order valence-corrected chi connectivity index (χ1v) is 9.51. The summed E-state index contributed by atoms with van der Waals surface area (Å²) >= 11 is 0. The average Bonchev–Trinajstić information content (AvgIpc) is 2.63. The van der Waals surface area contributed by atoms with Crippen molar-refractivity contribution in [1.82, 2.24) is 4.98 Å². The van der Waals surface area contributed by atoms with Gasteiger partial charge >= 0.3 is 0 Å². The Balaban J connectivity index is 0.000000828. The molecule has 2 aromatic rings. The van der Waals surface area contributed by atoms with E-state index in [0.717, 1.165) is 36.8 Å². The number of aromatic nitrogens is 1. The van der Waals surface area contributed by atoms with Crippen molar-refractivity contribution in [3.63, 3.8) is 0 Å². The molecule has 144 valence electrons. The highest BCUT2D eigenvalue weighted by molar-refractivity contribution is 5.97. The minimum absolute atomic E-state index is 0.121. The number of nitrogens with zero attached hydrogens (tertiary/aromatic N) is 1. The van der Waals surface area contributed by atoms with Gasteiger partial charge in [0, 0.05) is 11.9 Å². The Morgan fingerprint density at radius 2 is 1.48 bits per heavy atom. The molecule has 0 saturated carbocycles. The van der Waals surface area contributed by atoms with Crippen molar-refractivity contribution >= 4 is 17.6 Å². The number of allylic oxidation sites excluding steroid dienone is 1. The first kappa shape index (κ1) is 22.5. The molecule has 0 radical (unpaired) electrons. The highest BCUT2D eigenvalue weighted by Crippen LogP contribution is 2.12. The topological polar surface area (TPSA) is 47.0 Å². The third-order valence-corrected chi connectivity index (χ3v) is 4.11. The van der Waals surface area contributed by atoms with Crippen LogP contribution in [0.25, 0.3) is 6.08 Å². The van der Waals surface area contributed by atoms with Crippen molar-refractivity contribution in [1.29, 1.82) is 0 Å². The molecular weight excluding hydrogens is 334 g/mol. The van der Waals surface area contributed by atoms with Gasteiger partial charge in [0.15, 0.2) is 5.78 Å². The minimum Gasteiger partial charge on any atom is -0.300 e. The molecule has 0 saturated heterocycles. The predicted molar refractivity (Wildman–Crippen MR) is 113 cm³/mol. The van der Waals surface area contributed by atoms with Gasteiger partial charge in [0.05, 0.1) is 0 Å². The van der Waals surface area contributed by atoms with E-state index in [1.807, 2.05) is 19.2 Å². The lowest BCUT2D eigenvalue weighted by atomic mass is 10.0. The summed E-state index contributed by atoms with van der Waals surface area (Å²) in [6.07, 6.45) is 8.11. The van der Waals surface area contributed by atoms with Crippen LogP contribution in [0.2, 0.25) is 0 Å². The van der Waals surface area contributed by atoms with Crippen molar-refractivity contribution in [2.24, 2.45) is 0 Å². The number of ketones is 2. The van der Waals surface area contributed by atoms with E-state index < -0.39 is 0 Å². The molecule has 0 unspecified atom stereocenters. The van der Waals surface area contributed by atoms with Gasteiger partial charge in [-0.05, 0) is 87.8 Å². The molecule has 0 aliphatic heterocycles. The van der Waals surface area contributed by atoms with Crippen LogP contribution in [-0.2, 0) is 28.9 Å². The summed E-state index contributed by atoms with van der Waals surface area (Å²) in [7, 11) is 0. The number of hydrogen-bond donors (Lipinski definition) is 0. The van der Waals surface area contributed by atoms with E-state index in [1.165, 1.54) is 30.7 Å². The smallest absolute Gasteiger partial charge is 0.155 e. The minimum atomic E-state index is 0.121. The molecule has 0 N–H and O–H groups in total. The van der Waals surface area contributed by atoms with Crippen LogP contribution in [0.1, 0.15) is 63.4 Å². The largest absolute Gasteiger partial charge is 0.300 e. The molecule has 3 nitrogen and oxygen atoms in total. The van der Waals surface area contributed by atoms with Crippen molar-refractivity contribution in [3.8, 4) is 0 Å². The average molecular weight is 366 g/mol. The maximum absolute atomic E-state index is 11.3. The van der Waals surface area contributed by atoms with Crippen molar-refractivity contribution in [3.05, 3.63) is 70.6 Å². The second kappa shape index (κ2) is 11.9. The van der Waals surface area contributed by atoms with E-state index in [0.29, 0.717) is 0 Å². The molecular formula is C24H31NO2. The zero-order chi connectivity index (χ0) is 20.2. The van der Waals surface area contributed by atoms with Gasteiger partial charge in [-0.25, -0.2) is 0 Å². The molecule has 0 fully saturated rings. The predicted octanol–water partition coefficient (Wildman–Crippen LogP) is 5.41. The van der Waals surface area contributed by atoms with Crippen molar-refractivity contribution < 1.29 is 9.59 Å². The van der Waals surface area contributed by atoms with Crippen LogP contribution in [0.3, 0.4) is 0 Å². The fraction of sp³-hybridized carbons (Fsp3) is 0.375. The summed E-state index contributed by atoms with van der Waals surface area (Å²) in [6.45, 7) is 8.65. The second-order valence-corrected chi connectivity index (χ2v) is 6.90. The van der Waals surface area contributed by atoms with Gasteiger partial charge in [0.1, 0.15) is 5.78 Å². The Hall–Kier alpha value is -2.55. The molecule has 0 aliphatic carbocycles. The van der Waals surface area contributed by atoms with E-state index in [4.69, 9.17) is 0 Å². The molecule has 0 spiro atoms. The third-order valence-electron chi connectivity index (χ3n) is 4.11. The number of benzene rings is 1. The molecule has 0 aliphatic rings. The lowest BCUT2D eigenvalue weighted by molar-refractivity contribution is -0.115. The van der Waals surface area contributed by atoms with Crippen LogP contribution in [0.4, 0.5) is 0 Å². The highest BCUT2D eigenvalue weighted by Gasteiger charge is 1.99. The molecule has 3 heteroatoms. The number of hydrogen-bond acceptors (Lipinski definition) is 3. The van der Waals surface area contributed by atoms with Gasteiger partial charge in [0.25, 0.3) is 0 Å². The number of aryl methyl sites for hydroxylation is 3. The zero-order valence-electron chi connectivity index (χ0n) is 17.2. The summed E-state index contributed by atoms with van der Waals surface area (Å²) in [5, 5.41) is 0. The third kappa shape index (κ3) is 9.64. The normalized spacial score (nSPS) is 10.8. The second-order valence-electron chi connectivity index (χ2n) is 6.90. The van der Waals surface area contributed by atoms with Crippen molar-refractivity contribution in [2.45, 2.75) is 60.3 Å². The van der Waals surface area contributed by atoms with E-state index in [-0.39, 0.29) is 11.6 Å². The van der Waals surface area contributed by atoms with Gasteiger partial charge in [0.2, 0.25) is 0 Å². The molecule has 1 aromatic heterocycles. The number of carbonyl (C=O) groups is 2. The molecule has 1 heterocycles. The van der Waals surface area contributed by atoms with Crippen LogP contribution in [0, 0.1) is 0 Å².